The summed E-state index contributed by atoms with van der Waals surface area (Å²) >= 11 is 7.62. The van der Waals surface area contributed by atoms with E-state index in [4.69, 9.17) is 16.0 Å². The van der Waals surface area contributed by atoms with Gasteiger partial charge in [-0.15, -0.1) is 10.2 Å². The van der Waals surface area contributed by atoms with E-state index in [1.54, 1.807) is 18.5 Å². The van der Waals surface area contributed by atoms with Crippen LogP contribution in [0.4, 0.5) is 0 Å². The van der Waals surface area contributed by atoms with E-state index in [0.717, 1.165) is 34.2 Å². The first-order valence-electron chi connectivity index (χ1n) is 10.4. The Balaban J connectivity index is 1.55. The van der Waals surface area contributed by atoms with Crippen LogP contribution in [-0.2, 0) is 12.2 Å². The van der Waals surface area contributed by atoms with Crippen LogP contribution in [0.5, 0.6) is 0 Å². The largest absolute Gasteiger partial charge is 0.423 e. The van der Waals surface area contributed by atoms with Gasteiger partial charge < -0.3 is 4.42 Å². The molecule has 0 N–H and O–H groups in total. The number of hydrogen-bond acceptors (Lipinski definition) is 6. The van der Waals surface area contributed by atoms with Crippen molar-refractivity contribution >= 4 is 34.3 Å². The van der Waals surface area contributed by atoms with Gasteiger partial charge >= 0.3 is 5.63 Å². The highest BCUT2D eigenvalue weighted by molar-refractivity contribution is 7.98. The number of fused-ring (bicyclic) bond motifs is 1. The fourth-order valence-corrected chi connectivity index (χ4v) is 4.70. The summed E-state index contributed by atoms with van der Waals surface area (Å²) in [5.41, 5.74) is 4.06. The van der Waals surface area contributed by atoms with Gasteiger partial charge in [-0.1, -0.05) is 42.4 Å². The van der Waals surface area contributed by atoms with Gasteiger partial charge in [0.05, 0.1) is 0 Å². The molecular weight excluding hydrogens is 456 g/mol. The first-order valence-corrected chi connectivity index (χ1v) is 11.8. The number of thioether (sulfide) groups is 1. The van der Waals surface area contributed by atoms with Gasteiger partial charge in [0.1, 0.15) is 5.58 Å². The van der Waals surface area contributed by atoms with Crippen molar-refractivity contribution < 1.29 is 4.42 Å². The van der Waals surface area contributed by atoms with E-state index in [0.29, 0.717) is 27.3 Å². The third-order valence-electron chi connectivity index (χ3n) is 5.32. The van der Waals surface area contributed by atoms with Crippen LogP contribution in [0.1, 0.15) is 18.1 Å². The molecule has 0 spiro atoms. The Morgan fingerprint density at radius 2 is 1.79 bits per heavy atom. The Morgan fingerprint density at radius 1 is 1.00 bits per heavy atom. The zero-order valence-corrected chi connectivity index (χ0v) is 19.3. The average molecular weight is 475 g/mol. The summed E-state index contributed by atoms with van der Waals surface area (Å²) in [7, 11) is 0. The molecule has 2 aromatic carbocycles. The van der Waals surface area contributed by atoms with E-state index in [2.05, 4.69) is 28.2 Å². The standard InChI is InChI=1S/C25H19ClN4O2S/c1-2-16-3-8-21-18(14-23(31)32-22(21)13-16)15-33-25-29-28-24(17-9-11-27-12-10-17)30(25)20-6-4-19(26)5-7-20/h3-14H,2,15H2,1H3. The minimum atomic E-state index is -0.358. The van der Waals surface area contributed by atoms with Crippen LogP contribution in [0.3, 0.4) is 0 Å². The number of halogens is 1. The molecule has 0 aliphatic heterocycles. The molecule has 0 aliphatic carbocycles. The molecule has 5 rings (SSSR count). The van der Waals surface area contributed by atoms with Crippen LogP contribution >= 0.6 is 23.4 Å². The summed E-state index contributed by atoms with van der Waals surface area (Å²) in [4.78, 5) is 16.3. The zero-order valence-electron chi connectivity index (χ0n) is 17.7. The van der Waals surface area contributed by atoms with Crippen molar-refractivity contribution in [2.45, 2.75) is 24.3 Å². The molecule has 5 aromatic rings. The lowest BCUT2D eigenvalue weighted by Gasteiger charge is -2.11. The number of nitrogens with zero attached hydrogens (tertiary/aromatic N) is 4. The highest BCUT2D eigenvalue weighted by Crippen LogP contribution is 2.31. The predicted molar refractivity (Wildman–Crippen MR) is 131 cm³/mol. The minimum absolute atomic E-state index is 0.358. The van der Waals surface area contributed by atoms with Crippen molar-refractivity contribution in [3.05, 3.63) is 99.6 Å². The molecule has 0 amide bonds. The Bertz CT molecular complexity index is 1480. The smallest absolute Gasteiger partial charge is 0.336 e. The second-order valence-corrected chi connectivity index (χ2v) is 8.80. The monoisotopic (exact) mass is 474 g/mol. The zero-order chi connectivity index (χ0) is 22.8. The van der Waals surface area contributed by atoms with Crippen LogP contribution in [0, 0.1) is 0 Å². The molecule has 3 aromatic heterocycles. The lowest BCUT2D eigenvalue weighted by molar-refractivity contribution is 0.559. The fraction of sp³-hybridized carbons (Fsp3) is 0.120. The summed E-state index contributed by atoms with van der Waals surface area (Å²) in [5, 5.41) is 11.2. The van der Waals surface area contributed by atoms with Crippen LogP contribution < -0.4 is 5.63 Å². The number of benzene rings is 2. The van der Waals surface area contributed by atoms with E-state index in [1.807, 2.05) is 53.1 Å². The first kappa shape index (κ1) is 21.4. The maximum absolute atomic E-state index is 12.2. The van der Waals surface area contributed by atoms with Crippen molar-refractivity contribution in [1.29, 1.82) is 0 Å². The minimum Gasteiger partial charge on any atom is -0.423 e. The molecule has 8 heteroatoms. The summed E-state index contributed by atoms with van der Waals surface area (Å²) in [6, 6.07) is 18.9. The second kappa shape index (κ2) is 9.21. The van der Waals surface area contributed by atoms with Crippen LogP contribution in [0.2, 0.25) is 5.02 Å². The molecule has 6 nitrogen and oxygen atoms in total. The summed E-state index contributed by atoms with van der Waals surface area (Å²) < 4.78 is 7.43. The molecule has 164 valence electrons. The molecule has 33 heavy (non-hydrogen) atoms. The molecule has 0 bridgehead atoms. The van der Waals surface area contributed by atoms with E-state index in [1.165, 1.54) is 11.8 Å². The van der Waals surface area contributed by atoms with Gasteiger partial charge in [0, 0.05) is 45.9 Å². The van der Waals surface area contributed by atoms with E-state index in [9.17, 15) is 4.79 Å². The van der Waals surface area contributed by atoms with Gasteiger partial charge in [-0.2, -0.15) is 0 Å². The van der Waals surface area contributed by atoms with Crippen molar-refractivity contribution in [2.75, 3.05) is 0 Å². The number of aryl methyl sites for hydroxylation is 1. The van der Waals surface area contributed by atoms with Gasteiger partial charge in [0.25, 0.3) is 0 Å². The lowest BCUT2D eigenvalue weighted by Crippen LogP contribution is -2.02. The molecule has 0 radical (unpaired) electrons. The Morgan fingerprint density at radius 3 is 2.55 bits per heavy atom. The van der Waals surface area contributed by atoms with Crippen molar-refractivity contribution in [3.63, 3.8) is 0 Å². The predicted octanol–water partition coefficient (Wildman–Crippen LogP) is 5.94. The number of pyridine rings is 1. The molecule has 0 unspecified atom stereocenters. The van der Waals surface area contributed by atoms with Crippen molar-refractivity contribution in [3.8, 4) is 17.1 Å². The first-order chi connectivity index (χ1) is 16.1. The Kier molecular flexibility index (Phi) is 5.98. The summed E-state index contributed by atoms with van der Waals surface area (Å²) in [6.45, 7) is 2.07. The number of hydrogen-bond donors (Lipinski definition) is 0. The Hall–Kier alpha value is -3.42. The molecule has 0 saturated heterocycles. The average Bonchev–Trinajstić information content (AvgIpc) is 3.27. The number of rotatable bonds is 6. The highest BCUT2D eigenvalue weighted by Gasteiger charge is 2.17. The van der Waals surface area contributed by atoms with E-state index >= 15 is 0 Å². The lowest BCUT2D eigenvalue weighted by atomic mass is 10.1. The van der Waals surface area contributed by atoms with Crippen molar-refractivity contribution in [1.82, 2.24) is 19.7 Å². The molecule has 0 fully saturated rings. The van der Waals surface area contributed by atoms with Gasteiger partial charge in [0.15, 0.2) is 11.0 Å². The molecule has 3 heterocycles. The van der Waals surface area contributed by atoms with Crippen LogP contribution in [-0.4, -0.2) is 19.7 Å². The quantitative estimate of drug-likeness (QED) is 0.224. The van der Waals surface area contributed by atoms with Crippen LogP contribution in [0.15, 0.2) is 87.4 Å². The Labute approximate surface area is 199 Å². The number of aromatic nitrogens is 4. The van der Waals surface area contributed by atoms with Gasteiger partial charge in [-0.05, 0) is 60.0 Å². The SMILES string of the molecule is CCc1ccc2c(CSc3nnc(-c4ccncc4)n3-c3ccc(Cl)cc3)cc(=O)oc2c1. The molecule has 0 aliphatic rings. The topological polar surface area (TPSA) is 73.8 Å². The van der Waals surface area contributed by atoms with Gasteiger partial charge in [-0.3, -0.25) is 9.55 Å². The molecule has 0 atom stereocenters. The summed E-state index contributed by atoms with van der Waals surface area (Å²) in [5.74, 6) is 1.24. The molecular formula is C25H19ClN4O2S. The van der Waals surface area contributed by atoms with E-state index in [-0.39, 0.29) is 5.63 Å². The maximum Gasteiger partial charge on any atom is 0.336 e. The third kappa shape index (κ3) is 4.42. The van der Waals surface area contributed by atoms with Crippen LogP contribution in [0.25, 0.3) is 28.0 Å². The van der Waals surface area contributed by atoms with Crippen molar-refractivity contribution in [2.24, 2.45) is 0 Å². The second-order valence-electron chi connectivity index (χ2n) is 7.42. The van der Waals surface area contributed by atoms with E-state index < -0.39 is 0 Å². The van der Waals surface area contributed by atoms with Gasteiger partial charge in [-0.25, -0.2) is 4.79 Å². The fourth-order valence-electron chi connectivity index (χ4n) is 3.63. The highest BCUT2D eigenvalue weighted by atomic mass is 35.5. The summed E-state index contributed by atoms with van der Waals surface area (Å²) in [6.07, 6.45) is 4.33. The van der Waals surface area contributed by atoms with Gasteiger partial charge in [0.2, 0.25) is 0 Å². The molecule has 0 saturated carbocycles. The maximum atomic E-state index is 12.2. The normalized spacial score (nSPS) is 11.2. The third-order valence-corrected chi connectivity index (χ3v) is 6.55.